The lowest BCUT2D eigenvalue weighted by atomic mass is 9.69. The van der Waals surface area contributed by atoms with Gasteiger partial charge in [-0.25, -0.2) is 0 Å². The van der Waals surface area contributed by atoms with Gasteiger partial charge in [0.25, 0.3) is 0 Å². The molecule has 104 valence electrons. The van der Waals surface area contributed by atoms with E-state index in [9.17, 15) is 15.0 Å². The van der Waals surface area contributed by atoms with Gasteiger partial charge in [0.05, 0.1) is 0 Å². The van der Waals surface area contributed by atoms with Gasteiger partial charge < -0.3 is 15.5 Å². The van der Waals surface area contributed by atoms with E-state index < -0.39 is 0 Å². The molecule has 0 aromatic heterocycles. The Morgan fingerprint density at radius 3 is 2.58 bits per heavy atom. The molecule has 19 heavy (non-hydrogen) atoms. The second-order valence-electron chi connectivity index (χ2n) is 5.82. The molecular formula is C15H21NO3. The number of hydrogen-bond acceptors (Lipinski definition) is 3. The summed E-state index contributed by atoms with van der Waals surface area (Å²) < 4.78 is 0. The molecule has 1 atom stereocenters. The van der Waals surface area contributed by atoms with Gasteiger partial charge in [-0.2, -0.15) is 0 Å². The van der Waals surface area contributed by atoms with Crippen molar-refractivity contribution in [3.63, 3.8) is 0 Å². The van der Waals surface area contributed by atoms with Crippen LogP contribution in [0.4, 0.5) is 0 Å². The summed E-state index contributed by atoms with van der Waals surface area (Å²) in [6.45, 7) is 3.95. The highest BCUT2D eigenvalue weighted by Crippen LogP contribution is 2.40. The summed E-state index contributed by atoms with van der Waals surface area (Å²) in [5, 5.41) is 21.7. The van der Waals surface area contributed by atoms with Crippen molar-refractivity contribution in [1.82, 2.24) is 5.32 Å². The Morgan fingerprint density at radius 2 is 2.05 bits per heavy atom. The Hall–Kier alpha value is -1.71. The van der Waals surface area contributed by atoms with Crippen LogP contribution >= 0.6 is 0 Å². The molecule has 1 aliphatic rings. The number of benzene rings is 1. The van der Waals surface area contributed by atoms with Crippen LogP contribution in [-0.4, -0.2) is 22.2 Å². The van der Waals surface area contributed by atoms with Crippen molar-refractivity contribution >= 4 is 5.91 Å². The van der Waals surface area contributed by atoms with Gasteiger partial charge in [-0.3, -0.25) is 4.79 Å². The molecule has 0 radical (unpaired) electrons. The zero-order valence-electron chi connectivity index (χ0n) is 11.4. The molecule has 1 saturated carbocycles. The molecule has 0 saturated heterocycles. The zero-order valence-corrected chi connectivity index (χ0v) is 11.4. The van der Waals surface area contributed by atoms with Crippen molar-refractivity contribution in [2.45, 2.75) is 45.6 Å². The Bertz CT molecular complexity index is 480. The summed E-state index contributed by atoms with van der Waals surface area (Å²) in [4.78, 5) is 12.1. The van der Waals surface area contributed by atoms with Crippen molar-refractivity contribution in [2.24, 2.45) is 5.41 Å². The third-order valence-electron chi connectivity index (χ3n) is 3.96. The number of hydrogen-bond donors (Lipinski definition) is 3. The molecule has 1 aromatic rings. The lowest BCUT2D eigenvalue weighted by Gasteiger charge is -2.37. The summed E-state index contributed by atoms with van der Waals surface area (Å²) in [5.41, 5.74) is 0.701. The van der Waals surface area contributed by atoms with E-state index in [1.54, 1.807) is 6.07 Å². The molecule has 0 heterocycles. The molecule has 1 unspecified atom stereocenters. The second kappa shape index (κ2) is 5.11. The van der Waals surface area contributed by atoms with E-state index in [-0.39, 0.29) is 28.9 Å². The maximum absolute atomic E-state index is 12.1. The summed E-state index contributed by atoms with van der Waals surface area (Å²) in [5.74, 6) is -0.126. The van der Waals surface area contributed by atoms with Gasteiger partial charge in [-0.05, 0) is 43.9 Å². The van der Waals surface area contributed by atoms with Crippen LogP contribution < -0.4 is 5.32 Å². The summed E-state index contributed by atoms with van der Waals surface area (Å²) in [6, 6.07) is 4.76. The molecule has 1 amide bonds. The van der Waals surface area contributed by atoms with E-state index in [0.717, 1.165) is 24.8 Å². The molecule has 1 aromatic carbocycles. The number of rotatable bonds is 4. The minimum absolute atomic E-state index is 0.00821. The second-order valence-corrected chi connectivity index (χ2v) is 5.82. The third-order valence-corrected chi connectivity index (χ3v) is 3.96. The molecule has 4 heteroatoms. The van der Waals surface area contributed by atoms with Crippen LogP contribution in [0, 0.1) is 5.41 Å². The first-order valence-corrected chi connectivity index (χ1v) is 6.72. The number of nitrogens with one attached hydrogen (secondary N) is 1. The number of phenolic OH excluding ortho intramolecular Hbond substituents is 2. The molecule has 0 spiro atoms. The van der Waals surface area contributed by atoms with E-state index in [1.165, 1.54) is 12.1 Å². The van der Waals surface area contributed by atoms with Crippen molar-refractivity contribution in [2.75, 3.05) is 0 Å². The topological polar surface area (TPSA) is 69.6 Å². The molecule has 0 aliphatic heterocycles. The Labute approximate surface area is 113 Å². The monoisotopic (exact) mass is 263 g/mol. The predicted molar refractivity (Wildman–Crippen MR) is 73.0 cm³/mol. The number of carbonyl (C=O) groups is 1. The van der Waals surface area contributed by atoms with Crippen LogP contribution in [0.25, 0.3) is 0 Å². The molecule has 1 fully saturated rings. The number of phenols is 2. The summed E-state index contributed by atoms with van der Waals surface area (Å²) in [7, 11) is 0. The SMILES string of the molecule is CC(Cc1ccc(O)c(O)c1)NC(=O)C1(C)CCC1. The highest BCUT2D eigenvalue weighted by atomic mass is 16.3. The van der Waals surface area contributed by atoms with Crippen LogP contribution in [0.3, 0.4) is 0 Å². The first-order valence-electron chi connectivity index (χ1n) is 6.72. The third kappa shape index (κ3) is 3.00. The first kappa shape index (κ1) is 13.7. The predicted octanol–water partition coefficient (Wildman–Crippen LogP) is 2.34. The number of amides is 1. The van der Waals surface area contributed by atoms with Gasteiger partial charge in [0.2, 0.25) is 5.91 Å². The summed E-state index contributed by atoms with van der Waals surface area (Å²) >= 11 is 0. The lowest BCUT2D eigenvalue weighted by Crippen LogP contribution is -2.47. The Balaban J connectivity index is 1.91. The normalized spacial score (nSPS) is 18.4. The number of aromatic hydroxyl groups is 2. The minimum Gasteiger partial charge on any atom is -0.504 e. The highest BCUT2D eigenvalue weighted by Gasteiger charge is 2.39. The van der Waals surface area contributed by atoms with Crippen LogP contribution in [0.1, 0.15) is 38.7 Å². The average Bonchev–Trinajstić information content (AvgIpc) is 2.30. The fourth-order valence-corrected chi connectivity index (χ4v) is 2.43. The average molecular weight is 263 g/mol. The fourth-order valence-electron chi connectivity index (χ4n) is 2.43. The maximum Gasteiger partial charge on any atom is 0.226 e. The van der Waals surface area contributed by atoms with E-state index in [4.69, 9.17) is 0 Å². The minimum atomic E-state index is -0.189. The lowest BCUT2D eigenvalue weighted by molar-refractivity contribution is -0.135. The van der Waals surface area contributed by atoms with Gasteiger partial charge in [-0.15, -0.1) is 0 Å². The zero-order chi connectivity index (χ0) is 14.0. The highest BCUT2D eigenvalue weighted by molar-refractivity contribution is 5.83. The largest absolute Gasteiger partial charge is 0.504 e. The van der Waals surface area contributed by atoms with Gasteiger partial charge in [-0.1, -0.05) is 19.4 Å². The van der Waals surface area contributed by atoms with Crippen molar-refractivity contribution < 1.29 is 15.0 Å². The maximum atomic E-state index is 12.1. The standard InChI is InChI=1S/C15H21NO3/c1-10(16-14(19)15(2)6-3-7-15)8-11-4-5-12(17)13(18)9-11/h4-5,9-10,17-18H,3,6-8H2,1-2H3,(H,16,19). The van der Waals surface area contributed by atoms with E-state index in [0.29, 0.717) is 6.42 Å². The van der Waals surface area contributed by atoms with E-state index >= 15 is 0 Å². The summed E-state index contributed by atoms with van der Waals surface area (Å²) in [6.07, 6.45) is 3.69. The van der Waals surface area contributed by atoms with Gasteiger partial charge >= 0.3 is 0 Å². The Kier molecular flexibility index (Phi) is 3.69. The van der Waals surface area contributed by atoms with E-state index in [2.05, 4.69) is 5.32 Å². The van der Waals surface area contributed by atoms with Crippen LogP contribution in [0.2, 0.25) is 0 Å². The number of carbonyl (C=O) groups excluding carboxylic acids is 1. The molecule has 1 aliphatic carbocycles. The van der Waals surface area contributed by atoms with Crippen LogP contribution in [0.15, 0.2) is 18.2 Å². The first-order chi connectivity index (χ1) is 8.90. The quantitative estimate of drug-likeness (QED) is 0.730. The molecule has 3 N–H and O–H groups in total. The molecule has 2 rings (SSSR count). The molecule has 0 bridgehead atoms. The molecule has 4 nitrogen and oxygen atoms in total. The van der Waals surface area contributed by atoms with Gasteiger partial charge in [0, 0.05) is 11.5 Å². The Morgan fingerprint density at radius 1 is 1.37 bits per heavy atom. The van der Waals surface area contributed by atoms with Crippen molar-refractivity contribution in [1.29, 1.82) is 0 Å². The van der Waals surface area contributed by atoms with E-state index in [1.807, 2.05) is 13.8 Å². The van der Waals surface area contributed by atoms with Gasteiger partial charge in [0.1, 0.15) is 0 Å². The fraction of sp³-hybridized carbons (Fsp3) is 0.533. The van der Waals surface area contributed by atoms with Crippen molar-refractivity contribution in [3.8, 4) is 11.5 Å². The van der Waals surface area contributed by atoms with Gasteiger partial charge in [0.15, 0.2) is 11.5 Å². The molecular weight excluding hydrogens is 242 g/mol. The van der Waals surface area contributed by atoms with Crippen LogP contribution in [0.5, 0.6) is 11.5 Å². The van der Waals surface area contributed by atoms with Crippen molar-refractivity contribution in [3.05, 3.63) is 23.8 Å². The van der Waals surface area contributed by atoms with Crippen LogP contribution in [-0.2, 0) is 11.2 Å². The smallest absolute Gasteiger partial charge is 0.226 e.